The van der Waals surface area contributed by atoms with Gasteiger partial charge in [-0.05, 0) is 0 Å². The molecule has 0 saturated heterocycles. The van der Waals surface area contributed by atoms with Crippen molar-refractivity contribution in [2.75, 3.05) is 5.32 Å². The Bertz CT molecular complexity index is 609. The number of carboxylic acid groups (broad SMARTS) is 1. The maximum atomic E-state index is 13.3. The minimum Gasteiger partial charge on any atom is -0.476 e. The van der Waals surface area contributed by atoms with Gasteiger partial charge in [-0.3, -0.25) is 0 Å². The number of carboxylic acids is 1. The normalized spacial score (nSPS) is 10.3. The molecule has 0 fully saturated rings. The molecular weight excluding hydrogens is 263 g/mol. The summed E-state index contributed by atoms with van der Waals surface area (Å²) in [5.41, 5.74) is -0.913. The smallest absolute Gasteiger partial charge is 0.356 e. The van der Waals surface area contributed by atoms with Gasteiger partial charge in [0.15, 0.2) is 17.3 Å². The first kappa shape index (κ1) is 12.8. The Morgan fingerprint density at radius 2 is 1.74 bits per heavy atom. The number of nitrogens with one attached hydrogen (secondary N) is 1. The summed E-state index contributed by atoms with van der Waals surface area (Å²) in [4.78, 5) is 17.7. The molecule has 0 atom stereocenters. The van der Waals surface area contributed by atoms with E-state index in [9.17, 15) is 18.0 Å². The molecule has 8 heteroatoms. The molecule has 0 spiro atoms. The Hall–Kier alpha value is -2.64. The summed E-state index contributed by atoms with van der Waals surface area (Å²) < 4.78 is 39.3. The first-order chi connectivity index (χ1) is 8.97. The van der Waals surface area contributed by atoms with Gasteiger partial charge in [-0.25, -0.2) is 27.9 Å². The number of rotatable bonds is 3. The van der Waals surface area contributed by atoms with Gasteiger partial charge in [0.2, 0.25) is 0 Å². The summed E-state index contributed by atoms with van der Waals surface area (Å²) >= 11 is 0. The lowest BCUT2D eigenvalue weighted by molar-refractivity contribution is 0.0690. The Morgan fingerprint density at radius 1 is 1.11 bits per heavy atom. The molecule has 0 bridgehead atoms. The van der Waals surface area contributed by atoms with Crippen molar-refractivity contribution >= 4 is 17.5 Å². The molecule has 5 nitrogen and oxygen atoms in total. The minimum absolute atomic E-state index is 0.0746. The number of carbonyl (C=O) groups is 1. The van der Waals surface area contributed by atoms with Gasteiger partial charge in [0, 0.05) is 12.1 Å². The van der Waals surface area contributed by atoms with Crippen LogP contribution < -0.4 is 5.32 Å². The minimum atomic E-state index is -1.28. The molecule has 1 aromatic carbocycles. The molecule has 2 N–H and O–H groups in total. The molecule has 0 aliphatic carbocycles. The third-order valence-electron chi connectivity index (χ3n) is 2.13. The van der Waals surface area contributed by atoms with Crippen LogP contribution in [-0.2, 0) is 0 Å². The second kappa shape index (κ2) is 4.92. The number of anilines is 2. The monoisotopic (exact) mass is 269 g/mol. The predicted molar refractivity (Wildman–Crippen MR) is 58.6 cm³/mol. The van der Waals surface area contributed by atoms with Crippen molar-refractivity contribution in [3.05, 3.63) is 47.7 Å². The van der Waals surface area contributed by atoms with E-state index in [-0.39, 0.29) is 11.5 Å². The lowest BCUT2D eigenvalue weighted by Crippen LogP contribution is -2.04. The van der Waals surface area contributed by atoms with Crippen LogP contribution in [0.1, 0.15) is 10.5 Å². The fourth-order valence-corrected chi connectivity index (χ4v) is 1.29. The molecule has 2 aromatic rings. The van der Waals surface area contributed by atoms with Crippen LogP contribution in [0.15, 0.2) is 24.5 Å². The van der Waals surface area contributed by atoms with Crippen LogP contribution in [0.2, 0.25) is 0 Å². The third kappa shape index (κ3) is 2.79. The molecule has 0 aliphatic heterocycles. The van der Waals surface area contributed by atoms with Crippen LogP contribution in [0.3, 0.4) is 0 Å². The van der Waals surface area contributed by atoms with Crippen LogP contribution in [0.25, 0.3) is 0 Å². The average molecular weight is 269 g/mol. The first-order valence-electron chi connectivity index (χ1n) is 4.94. The third-order valence-corrected chi connectivity index (χ3v) is 2.13. The van der Waals surface area contributed by atoms with Crippen molar-refractivity contribution in [2.45, 2.75) is 0 Å². The lowest BCUT2D eigenvalue weighted by atomic mass is 10.3. The summed E-state index contributed by atoms with van der Waals surface area (Å²) in [6.07, 6.45) is 1.91. The van der Waals surface area contributed by atoms with Gasteiger partial charge in [-0.2, -0.15) is 0 Å². The largest absolute Gasteiger partial charge is 0.476 e. The predicted octanol–water partition coefficient (Wildman–Crippen LogP) is 2.34. The highest BCUT2D eigenvalue weighted by Gasteiger charge is 2.13. The van der Waals surface area contributed by atoms with Crippen LogP contribution >= 0.6 is 0 Å². The van der Waals surface area contributed by atoms with E-state index in [0.29, 0.717) is 12.1 Å². The number of nitrogens with zero attached hydrogens (tertiary/aromatic N) is 2. The number of hydrogen-bond acceptors (Lipinski definition) is 4. The zero-order valence-electron chi connectivity index (χ0n) is 9.19. The van der Waals surface area contributed by atoms with E-state index >= 15 is 0 Å². The van der Waals surface area contributed by atoms with Gasteiger partial charge >= 0.3 is 5.97 Å². The summed E-state index contributed by atoms with van der Waals surface area (Å²) in [5.74, 6) is -4.68. The molecule has 0 amide bonds. The van der Waals surface area contributed by atoms with E-state index in [0.717, 1.165) is 12.4 Å². The van der Waals surface area contributed by atoms with E-state index < -0.39 is 29.1 Å². The van der Waals surface area contributed by atoms with Crippen LogP contribution in [0.5, 0.6) is 0 Å². The van der Waals surface area contributed by atoms with Crippen molar-refractivity contribution in [1.82, 2.24) is 9.97 Å². The second-order valence-corrected chi connectivity index (χ2v) is 3.46. The average Bonchev–Trinajstić information content (AvgIpc) is 2.34. The molecule has 98 valence electrons. The zero-order valence-corrected chi connectivity index (χ0v) is 9.19. The molecule has 1 heterocycles. The summed E-state index contributed by atoms with van der Waals surface area (Å²) in [6, 6.07) is 1.01. The van der Waals surface area contributed by atoms with E-state index in [4.69, 9.17) is 5.11 Å². The van der Waals surface area contributed by atoms with Gasteiger partial charge in [-0.15, -0.1) is 0 Å². The van der Waals surface area contributed by atoms with Gasteiger partial charge in [0.05, 0.1) is 12.4 Å². The van der Waals surface area contributed by atoms with E-state index in [2.05, 4.69) is 15.3 Å². The van der Waals surface area contributed by atoms with Crippen molar-refractivity contribution in [1.29, 1.82) is 0 Å². The number of halogens is 3. The standard InChI is InChI=1S/C11H6F3N3O2/c12-5-1-6(13)10(7(14)2-5)17-9-4-15-8(3-16-9)11(18)19/h1-4H,(H,16,17)(H,18,19). The van der Waals surface area contributed by atoms with Gasteiger partial charge in [-0.1, -0.05) is 0 Å². The van der Waals surface area contributed by atoms with Crippen LogP contribution in [0.4, 0.5) is 24.7 Å². The number of benzene rings is 1. The highest BCUT2D eigenvalue weighted by atomic mass is 19.1. The molecule has 0 radical (unpaired) electrons. The second-order valence-electron chi connectivity index (χ2n) is 3.46. The molecule has 2 rings (SSSR count). The molecule has 19 heavy (non-hydrogen) atoms. The summed E-state index contributed by atoms with van der Waals surface area (Å²) in [5, 5.41) is 10.9. The number of aromatic carboxylic acids is 1. The molecule has 0 aliphatic rings. The summed E-state index contributed by atoms with van der Waals surface area (Å²) in [6.45, 7) is 0. The maximum absolute atomic E-state index is 13.3. The molecular formula is C11H6F3N3O2. The van der Waals surface area contributed by atoms with Gasteiger partial charge in [0.1, 0.15) is 17.3 Å². The molecule has 0 unspecified atom stereocenters. The fourth-order valence-electron chi connectivity index (χ4n) is 1.29. The maximum Gasteiger partial charge on any atom is 0.356 e. The zero-order chi connectivity index (χ0) is 14.0. The summed E-state index contributed by atoms with van der Waals surface area (Å²) in [7, 11) is 0. The number of hydrogen-bond donors (Lipinski definition) is 2. The number of aromatic nitrogens is 2. The fraction of sp³-hybridized carbons (Fsp3) is 0. The Kier molecular flexibility index (Phi) is 3.32. The van der Waals surface area contributed by atoms with Crippen LogP contribution in [0, 0.1) is 17.5 Å². The van der Waals surface area contributed by atoms with Gasteiger partial charge < -0.3 is 10.4 Å². The molecule has 0 saturated carbocycles. The Labute approximate surface area is 104 Å². The lowest BCUT2D eigenvalue weighted by Gasteiger charge is -2.07. The Morgan fingerprint density at radius 3 is 2.21 bits per heavy atom. The van der Waals surface area contributed by atoms with E-state index in [1.807, 2.05) is 0 Å². The highest BCUT2D eigenvalue weighted by Crippen LogP contribution is 2.23. The van der Waals surface area contributed by atoms with Crippen molar-refractivity contribution < 1.29 is 23.1 Å². The van der Waals surface area contributed by atoms with Gasteiger partial charge in [0.25, 0.3) is 0 Å². The van der Waals surface area contributed by atoms with E-state index in [1.165, 1.54) is 0 Å². The SMILES string of the molecule is O=C(O)c1cnc(Nc2c(F)cc(F)cc2F)cn1. The van der Waals surface area contributed by atoms with Crippen molar-refractivity contribution in [3.8, 4) is 0 Å². The Balaban J connectivity index is 2.29. The van der Waals surface area contributed by atoms with Crippen molar-refractivity contribution in [3.63, 3.8) is 0 Å². The first-order valence-corrected chi connectivity index (χ1v) is 4.94. The van der Waals surface area contributed by atoms with Crippen molar-refractivity contribution in [2.24, 2.45) is 0 Å². The topological polar surface area (TPSA) is 75.1 Å². The molecule has 1 aromatic heterocycles. The van der Waals surface area contributed by atoms with Crippen LogP contribution in [-0.4, -0.2) is 21.0 Å². The highest BCUT2D eigenvalue weighted by molar-refractivity contribution is 5.85. The van der Waals surface area contributed by atoms with E-state index in [1.54, 1.807) is 0 Å². The quantitative estimate of drug-likeness (QED) is 0.894.